The van der Waals surface area contributed by atoms with E-state index in [1.54, 1.807) is 0 Å². The number of rotatable bonds is 5. The molecule has 0 saturated heterocycles. The van der Waals surface area contributed by atoms with Crippen LogP contribution in [0.15, 0.2) is 23.8 Å². The summed E-state index contributed by atoms with van der Waals surface area (Å²) in [6.07, 6.45) is 5.99. The van der Waals surface area contributed by atoms with Crippen molar-refractivity contribution >= 4 is 12.9 Å². The lowest BCUT2D eigenvalue weighted by Gasteiger charge is -2.28. The van der Waals surface area contributed by atoms with Crippen LogP contribution in [0.4, 0.5) is 0 Å². The Hall–Kier alpha value is -1.23. The lowest BCUT2D eigenvalue weighted by Crippen LogP contribution is -2.53. The van der Waals surface area contributed by atoms with Crippen molar-refractivity contribution in [1.82, 2.24) is 14.9 Å². The minimum atomic E-state index is -0.0111. The highest BCUT2D eigenvalue weighted by molar-refractivity contribution is 6.64. The predicted octanol–water partition coefficient (Wildman–Crippen LogP) is 0.877. The van der Waals surface area contributed by atoms with Crippen molar-refractivity contribution in [2.24, 2.45) is 0 Å². The molecule has 0 saturated carbocycles. The average Bonchev–Trinajstić information content (AvgIpc) is 2.31. The Bertz CT molecular complexity index is 324. The largest absolute Gasteiger partial charge is 0.405 e. The van der Waals surface area contributed by atoms with Gasteiger partial charge in [-0.1, -0.05) is 25.4 Å². The first-order valence-corrected chi connectivity index (χ1v) is 6.17. The molecule has 0 aliphatic carbocycles. The quantitative estimate of drug-likeness (QED) is 0.718. The molecule has 0 aromatic heterocycles. The van der Waals surface area contributed by atoms with Gasteiger partial charge in [-0.15, -0.1) is 0 Å². The standard InChI is InChI=1S/C12H22BN3O/c1-5-16(6-2)10-12(17)14-13-11(3)8-7-9-15(13)4/h7-9H,5-6,10H2,1-4H3,(H,14,17). The minimum absolute atomic E-state index is 0.0111. The molecule has 1 aliphatic heterocycles. The van der Waals surface area contributed by atoms with Gasteiger partial charge in [-0.05, 0) is 39.3 Å². The van der Waals surface area contributed by atoms with Crippen LogP contribution < -0.4 is 5.23 Å². The highest BCUT2D eigenvalue weighted by Crippen LogP contribution is 2.07. The second-order valence-electron chi connectivity index (χ2n) is 4.35. The molecule has 5 heteroatoms. The Morgan fingerprint density at radius 2 is 2.12 bits per heavy atom. The van der Waals surface area contributed by atoms with E-state index in [2.05, 4.69) is 24.0 Å². The van der Waals surface area contributed by atoms with Gasteiger partial charge in [0.15, 0.2) is 0 Å². The Labute approximate surface area is 104 Å². The molecule has 0 bridgehead atoms. The molecule has 4 nitrogen and oxygen atoms in total. The lowest BCUT2D eigenvalue weighted by molar-refractivity contribution is -0.120. The minimum Gasteiger partial charge on any atom is -0.401 e. The van der Waals surface area contributed by atoms with E-state index >= 15 is 0 Å². The fraction of sp³-hybridized carbons (Fsp3) is 0.583. The van der Waals surface area contributed by atoms with Crippen LogP contribution in [0.25, 0.3) is 0 Å². The molecule has 0 spiro atoms. The summed E-state index contributed by atoms with van der Waals surface area (Å²) in [4.78, 5) is 16.0. The number of amides is 1. The van der Waals surface area contributed by atoms with Crippen molar-refractivity contribution in [2.75, 3.05) is 26.7 Å². The number of carbonyl (C=O) groups excluding carboxylic acids is 1. The van der Waals surface area contributed by atoms with E-state index < -0.39 is 0 Å². The van der Waals surface area contributed by atoms with E-state index in [-0.39, 0.29) is 12.9 Å². The van der Waals surface area contributed by atoms with E-state index in [1.165, 1.54) is 0 Å². The van der Waals surface area contributed by atoms with Crippen molar-refractivity contribution in [3.8, 4) is 0 Å². The molecular formula is C12H22BN3O. The van der Waals surface area contributed by atoms with Gasteiger partial charge in [0.1, 0.15) is 0 Å². The molecular weight excluding hydrogens is 213 g/mol. The maximum Gasteiger partial charge on any atom is 0.405 e. The summed E-state index contributed by atoms with van der Waals surface area (Å²) < 4.78 is 0. The van der Waals surface area contributed by atoms with Gasteiger partial charge in [0, 0.05) is 0 Å². The number of hydrogen-bond donors (Lipinski definition) is 1. The summed E-state index contributed by atoms with van der Waals surface area (Å²) in [5.41, 5.74) is 1.16. The third-order valence-corrected chi connectivity index (χ3v) is 3.08. The Morgan fingerprint density at radius 3 is 2.65 bits per heavy atom. The van der Waals surface area contributed by atoms with Crippen LogP contribution in [-0.2, 0) is 4.79 Å². The zero-order valence-corrected chi connectivity index (χ0v) is 11.2. The smallest absolute Gasteiger partial charge is 0.401 e. The van der Waals surface area contributed by atoms with Crippen molar-refractivity contribution in [2.45, 2.75) is 20.8 Å². The molecule has 1 heterocycles. The van der Waals surface area contributed by atoms with Crippen LogP contribution >= 0.6 is 0 Å². The lowest BCUT2D eigenvalue weighted by atomic mass is 9.65. The first-order valence-electron chi connectivity index (χ1n) is 6.17. The van der Waals surface area contributed by atoms with Crippen molar-refractivity contribution < 1.29 is 4.79 Å². The molecule has 17 heavy (non-hydrogen) atoms. The number of nitrogens with zero attached hydrogens (tertiary/aromatic N) is 2. The van der Waals surface area contributed by atoms with E-state index in [1.807, 2.05) is 37.1 Å². The van der Waals surface area contributed by atoms with Crippen molar-refractivity contribution in [3.63, 3.8) is 0 Å². The number of likely N-dealkylation sites (N-methyl/N-ethyl adjacent to an activating group) is 1. The summed E-state index contributed by atoms with van der Waals surface area (Å²) in [5, 5.41) is 3.04. The summed E-state index contributed by atoms with van der Waals surface area (Å²) >= 11 is 0. The van der Waals surface area contributed by atoms with Gasteiger partial charge in [0.2, 0.25) is 5.91 Å². The zero-order chi connectivity index (χ0) is 12.8. The highest BCUT2D eigenvalue weighted by atomic mass is 16.1. The van der Waals surface area contributed by atoms with Crippen LogP contribution in [0.1, 0.15) is 20.8 Å². The fourth-order valence-electron chi connectivity index (χ4n) is 1.89. The van der Waals surface area contributed by atoms with Gasteiger partial charge in [-0.25, -0.2) is 0 Å². The van der Waals surface area contributed by atoms with Crippen LogP contribution in [0.5, 0.6) is 0 Å². The van der Waals surface area contributed by atoms with Gasteiger partial charge in [-0.3, -0.25) is 9.69 Å². The average molecular weight is 235 g/mol. The summed E-state index contributed by atoms with van der Waals surface area (Å²) in [7, 11) is 1.97. The van der Waals surface area contributed by atoms with Gasteiger partial charge < -0.3 is 10.0 Å². The molecule has 0 aromatic rings. The maximum atomic E-state index is 11.9. The molecule has 0 fully saturated rings. The fourth-order valence-corrected chi connectivity index (χ4v) is 1.89. The maximum absolute atomic E-state index is 11.9. The van der Waals surface area contributed by atoms with Crippen LogP contribution in [-0.4, -0.2) is 49.3 Å². The third-order valence-electron chi connectivity index (χ3n) is 3.08. The molecule has 1 amide bonds. The second kappa shape index (κ2) is 6.50. The molecule has 1 N–H and O–H groups in total. The molecule has 0 radical (unpaired) electrons. The SMILES string of the molecule is CCN(CC)CC(=O)NB1C(C)=CC=CN1C. The summed E-state index contributed by atoms with van der Waals surface area (Å²) in [5.74, 6) is 0.0774. The number of nitrogens with one attached hydrogen (secondary N) is 1. The van der Waals surface area contributed by atoms with Gasteiger partial charge in [0.05, 0.1) is 6.54 Å². The Balaban J connectivity index is 2.51. The van der Waals surface area contributed by atoms with Crippen LogP contribution in [0.3, 0.4) is 0 Å². The first-order chi connectivity index (χ1) is 8.08. The molecule has 0 atom stereocenters. The van der Waals surface area contributed by atoms with E-state index in [0.29, 0.717) is 6.54 Å². The molecule has 0 aromatic carbocycles. The monoisotopic (exact) mass is 235 g/mol. The van der Waals surface area contributed by atoms with Crippen LogP contribution in [0, 0.1) is 0 Å². The first kappa shape index (κ1) is 13.8. The Morgan fingerprint density at radius 1 is 1.47 bits per heavy atom. The van der Waals surface area contributed by atoms with E-state index in [0.717, 1.165) is 18.6 Å². The predicted molar refractivity (Wildman–Crippen MR) is 72.3 cm³/mol. The zero-order valence-electron chi connectivity index (χ0n) is 11.2. The van der Waals surface area contributed by atoms with Gasteiger partial charge in [0.25, 0.3) is 0 Å². The molecule has 94 valence electrons. The normalized spacial score (nSPS) is 15.2. The van der Waals surface area contributed by atoms with Crippen molar-refractivity contribution in [3.05, 3.63) is 23.8 Å². The number of allylic oxidation sites excluding steroid dienone is 3. The molecule has 1 aliphatic rings. The molecule has 0 unspecified atom stereocenters. The highest BCUT2D eigenvalue weighted by Gasteiger charge is 2.25. The van der Waals surface area contributed by atoms with E-state index in [9.17, 15) is 4.79 Å². The van der Waals surface area contributed by atoms with Gasteiger partial charge in [-0.2, -0.15) is 0 Å². The summed E-state index contributed by atoms with van der Waals surface area (Å²) in [6.45, 7) is 8.42. The number of hydrogen-bond acceptors (Lipinski definition) is 3. The van der Waals surface area contributed by atoms with E-state index in [4.69, 9.17) is 0 Å². The summed E-state index contributed by atoms with van der Waals surface area (Å²) in [6, 6.07) is 0. The van der Waals surface area contributed by atoms with Crippen molar-refractivity contribution in [1.29, 1.82) is 0 Å². The Kier molecular flexibility index (Phi) is 5.29. The topological polar surface area (TPSA) is 35.6 Å². The van der Waals surface area contributed by atoms with Gasteiger partial charge >= 0.3 is 6.98 Å². The second-order valence-corrected chi connectivity index (χ2v) is 4.35. The molecule has 1 rings (SSSR count). The number of carbonyl (C=O) groups is 1. The van der Waals surface area contributed by atoms with Crippen LogP contribution in [0.2, 0.25) is 0 Å². The third kappa shape index (κ3) is 3.93.